The molecule has 110 valence electrons. The zero-order valence-corrected chi connectivity index (χ0v) is 11.6. The molecule has 20 heavy (non-hydrogen) atoms. The fourth-order valence-corrected chi connectivity index (χ4v) is 1.61. The summed E-state index contributed by atoms with van der Waals surface area (Å²) in [6.07, 6.45) is 0. The van der Waals surface area contributed by atoms with Gasteiger partial charge in [-0.2, -0.15) is 0 Å². The van der Waals surface area contributed by atoms with E-state index < -0.39 is 10.9 Å². The van der Waals surface area contributed by atoms with Gasteiger partial charge >= 0.3 is 5.97 Å². The van der Waals surface area contributed by atoms with Crippen molar-refractivity contribution in [1.82, 2.24) is 0 Å². The number of hydrogen-bond acceptors (Lipinski definition) is 6. The van der Waals surface area contributed by atoms with E-state index in [4.69, 9.17) is 25.8 Å². The van der Waals surface area contributed by atoms with E-state index in [0.717, 1.165) is 0 Å². The van der Waals surface area contributed by atoms with E-state index >= 15 is 0 Å². The first-order chi connectivity index (χ1) is 9.57. The Morgan fingerprint density at radius 1 is 1.30 bits per heavy atom. The number of carbonyl (C=O) groups excluding carboxylic acids is 1. The standard InChI is InChI=1S/C12H14ClNO6/c1-18-5-6-19-7-8-20-12(15)9-3-2-4-10(11(9)13)14(16)17/h2-4H,5-8H2,1H3. The minimum atomic E-state index is -0.728. The Hall–Kier alpha value is -1.70. The van der Waals surface area contributed by atoms with Gasteiger partial charge in [0.1, 0.15) is 11.6 Å². The molecule has 8 heteroatoms. The van der Waals surface area contributed by atoms with Gasteiger partial charge in [0.05, 0.1) is 30.3 Å². The van der Waals surface area contributed by atoms with Crippen LogP contribution in [0.25, 0.3) is 0 Å². The van der Waals surface area contributed by atoms with Gasteiger partial charge in [0.25, 0.3) is 5.69 Å². The maximum absolute atomic E-state index is 11.7. The highest BCUT2D eigenvalue weighted by molar-refractivity contribution is 6.35. The van der Waals surface area contributed by atoms with Crippen LogP contribution < -0.4 is 0 Å². The van der Waals surface area contributed by atoms with E-state index in [0.29, 0.717) is 13.2 Å². The van der Waals surface area contributed by atoms with Crippen molar-refractivity contribution in [3.63, 3.8) is 0 Å². The van der Waals surface area contributed by atoms with Gasteiger partial charge in [0.15, 0.2) is 0 Å². The van der Waals surface area contributed by atoms with Crippen LogP contribution in [0.1, 0.15) is 10.4 Å². The molecule has 7 nitrogen and oxygen atoms in total. The van der Waals surface area contributed by atoms with Crippen LogP contribution in [0.15, 0.2) is 18.2 Å². The molecule has 0 N–H and O–H groups in total. The summed E-state index contributed by atoms with van der Waals surface area (Å²) in [6.45, 7) is 1.08. The van der Waals surface area contributed by atoms with E-state index in [9.17, 15) is 14.9 Å². The van der Waals surface area contributed by atoms with Gasteiger partial charge in [0.2, 0.25) is 0 Å². The normalized spacial score (nSPS) is 10.3. The molecule has 0 spiro atoms. The maximum Gasteiger partial charge on any atom is 0.339 e. The highest BCUT2D eigenvalue weighted by Crippen LogP contribution is 2.28. The number of hydrogen-bond donors (Lipinski definition) is 0. The van der Waals surface area contributed by atoms with Crippen molar-refractivity contribution in [2.45, 2.75) is 0 Å². The van der Waals surface area contributed by atoms with Crippen molar-refractivity contribution in [2.24, 2.45) is 0 Å². The number of methoxy groups -OCH3 is 1. The first-order valence-electron chi connectivity index (χ1n) is 5.74. The average molecular weight is 304 g/mol. The average Bonchev–Trinajstić information content (AvgIpc) is 2.42. The summed E-state index contributed by atoms with van der Waals surface area (Å²) >= 11 is 5.79. The Morgan fingerprint density at radius 2 is 2.00 bits per heavy atom. The van der Waals surface area contributed by atoms with Gasteiger partial charge < -0.3 is 14.2 Å². The van der Waals surface area contributed by atoms with Crippen LogP contribution in [0.4, 0.5) is 5.69 Å². The summed E-state index contributed by atoms with van der Waals surface area (Å²) in [5.41, 5.74) is -0.379. The van der Waals surface area contributed by atoms with Crippen LogP contribution in [-0.4, -0.2) is 44.4 Å². The molecule has 0 amide bonds. The smallest absolute Gasteiger partial charge is 0.339 e. The first-order valence-corrected chi connectivity index (χ1v) is 6.12. The lowest BCUT2D eigenvalue weighted by molar-refractivity contribution is -0.384. The largest absolute Gasteiger partial charge is 0.460 e. The number of benzene rings is 1. The third kappa shape index (κ3) is 4.76. The monoisotopic (exact) mass is 303 g/mol. The van der Waals surface area contributed by atoms with Crippen LogP contribution in [0.2, 0.25) is 5.02 Å². The number of ether oxygens (including phenoxy) is 3. The Kier molecular flexibility index (Phi) is 6.92. The lowest BCUT2D eigenvalue weighted by Crippen LogP contribution is -2.13. The summed E-state index contributed by atoms with van der Waals surface area (Å²) in [6, 6.07) is 3.95. The third-order valence-corrected chi connectivity index (χ3v) is 2.68. The number of nitrogens with zero attached hydrogens (tertiary/aromatic N) is 1. The van der Waals surface area contributed by atoms with E-state index in [1.165, 1.54) is 18.2 Å². The minimum Gasteiger partial charge on any atom is -0.460 e. The van der Waals surface area contributed by atoms with E-state index in [2.05, 4.69) is 0 Å². The molecule has 0 aromatic heterocycles. The summed E-state index contributed by atoms with van der Waals surface area (Å²) in [4.78, 5) is 21.8. The highest BCUT2D eigenvalue weighted by Gasteiger charge is 2.20. The van der Waals surface area contributed by atoms with Crippen molar-refractivity contribution < 1.29 is 23.9 Å². The molecule has 1 aromatic rings. The Bertz CT molecular complexity index is 479. The molecule has 0 fully saturated rings. The van der Waals surface area contributed by atoms with Crippen LogP contribution in [-0.2, 0) is 14.2 Å². The van der Waals surface area contributed by atoms with Crippen molar-refractivity contribution in [1.29, 1.82) is 0 Å². The van der Waals surface area contributed by atoms with Crippen molar-refractivity contribution in [3.05, 3.63) is 38.9 Å². The Labute approximate surface area is 120 Å². The molecule has 0 bridgehead atoms. The number of halogens is 1. The fourth-order valence-electron chi connectivity index (χ4n) is 1.33. The van der Waals surface area contributed by atoms with Crippen molar-refractivity contribution in [2.75, 3.05) is 33.5 Å². The van der Waals surface area contributed by atoms with E-state index in [-0.39, 0.29) is 29.5 Å². The predicted molar refractivity (Wildman–Crippen MR) is 71.1 cm³/mol. The fraction of sp³-hybridized carbons (Fsp3) is 0.417. The summed E-state index contributed by atoms with van der Waals surface area (Å²) in [5.74, 6) is -0.728. The Morgan fingerprint density at radius 3 is 2.65 bits per heavy atom. The molecule has 0 heterocycles. The molecule has 0 aliphatic rings. The van der Waals surface area contributed by atoms with Gasteiger partial charge in [-0.15, -0.1) is 0 Å². The van der Waals surface area contributed by atoms with E-state index in [1.807, 2.05) is 0 Å². The van der Waals surface area contributed by atoms with Crippen molar-refractivity contribution in [3.8, 4) is 0 Å². The first kappa shape index (κ1) is 16.4. The number of nitro groups is 1. The SMILES string of the molecule is COCCOCCOC(=O)c1cccc([N+](=O)[O-])c1Cl. The molecule has 0 saturated heterocycles. The number of esters is 1. The molecule has 0 aliphatic heterocycles. The van der Waals surface area contributed by atoms with Crippen molar-refractivity contribution >= 4 is 23.3 Å². The zero-order valence-electron chi connectivity index (χ0n) is 10.8. The second kappa shape index (κ2) is 8.47. The lowest BCUT2D eigenvalue weighted by atomic mass is 10.2. The van der Waals surface area contributed by atoms with Crippen LogP contribution in [0, 0.1) is 10.1 Å². The van der Waals surface area contributed by atoms with Crippen LogP contribution in [0.5, 0.6) is 0 Å². The van der Waals surface area contributed by atoms with Crippen LogP contribution >= 0.6 is 11.6 Å². The van der Waals surface area contributed by atoms with Crippen LogP contribution in [0.3, 0.4) is 0 Å². The highest BCUT2D eigenvalue weighted by atomic mass is 35.5. The quantitative estimate of drug-likeness (QED) is 0.316. The lowest BCUT2D eigenvalue weighted by Gasteiger charge is -2.07. The molecule has 1 aromatic carbocycles. The molecular weight excluding hydrogens is 290 g/mol. The maximum atomic E-state index is 11.7. The topological polar surface area (TPSA) is 87.9 Å². The molecule has 0 unspecified atom stereocenters. The van der Waals surface area contributed by atoms with Gasteiger partial charge in [-0.3, -0.25) is 10.1 Å². The second-order valence-corrected chi connectivity index (χ2v) is 4.01. The summed E-state index contributed by atoms with van der Waals surface area (Å²) in [7, 11) is 1.55. The van der Waals surface area contributed by atoms with Gasteiger partial charge in [0, 0.05) is 13.2 Å². The predicted octanol–water partition coefficient (Wildman–Crippen LogP) is 2.07. The molecule has 0 radical (unpaired) electrons. The van der Waals surface area contributed by atoms with Gasteiger partial charge in [-0.05, 0) is 6.07 Å². The van der Waals surface area contributed by atoms with Gasteiger partial charge in [-0.1, -0.05) is 17.7 Å². The second-order valence-electron chi connectivity index (χ2n) is 3.64. The number of rotatable bonds is 8. The molecule has 1 rings (SSSR count). The zero-order chi connectivity index (χ0) is 15.0. The minimum absolute atomic E-state index is 0.0293. The summed E-state index contributed by atoms with van der Waals surface area (Å²) < 4.78 is 14.8. The third-order valence-electron chi connectivity index (χ3n) is 2.29. The molecule has 0 aliphatic carbocycles. The molecular formula is C12H14ClNO6. The number of carbonyl (C=O) groups is 1. The number of nitro benzene ring substituents is 1. The molecule has 0 atom stereocenters. The Balaban J connectivity index is 2.52. The van der Waals surface area contributed by atoms with E-state index in [1.54, 1.807) is 7.11 Å². The van der Waals surface area contributed by atoms with Gasteiger partial charge in [-0.25, -0.2) is 4.79 Å². The summed E-state index contributed by atoms with van der Waals surface area (Å²) in [5, 5.41) is 10.5. The molecule has 0 saturated carbocycles.